The van der Waals surface area contributed by atoms with E-state index < -0.39 is 0 Å². The molecule has 116 valence electrons. The topological polar surface area (TPSA) is 46.3 Å². The molecule has 0 saturated carbocycles. The van der Waals surface area contributed by atoms with Crippen molar-refractivity contribution >= 4 is 5.91 Å². The Labute approximate surface area is 128 Å². The molecule has 2 atom stereocenters. The summed E-state index contributed by atoms with van der Waals surface area (Å²) in [4.78, 5) is 14.2. The number of nitrogens with zero attached hydrogens (tertiary/aromatic N) is 1. The first-order valence-corrected chi connectivity index (χ1v) is 8.11. The van der Waals surface area contributed by atoms with E-state index in [1.165, 1.54) is 23.1 Å². The minimum atomic E-state index is -0.0907. The molecule has 0 aromatic heterocycles. The Morgan fingerprint density at radius 2 is 2.10 bits per heavy atom. The van der Waals surface area contributed by atoms with Gasteiger partial charge in [0.2, 0.25) is 5.91 Å². The molecule has 2 unspecified atom stereocenters. The molecule has 2 rings (SSSR count). The third kappa shape index (κ3) is 4.07. The maximum Gasteiger partial charge on any atom is 0.222 e. The van der Waals surface area contributed by atoms with Crippen LogP contribution in [0.3, 0.4) is 0 Å². The van der Waals surface area contributed by atoms with Gasteiger partial charge in [-0.15, -0.1) is 0 Å². The van der Waals surface area contributed by atoms with Crippen molar-refractivity contribution in [1.82, 2.24) is 4.90 Å². The van der Waals surface area contributed by atoms with Gasteiger partial charge in [-0.2, -0.15) is 0 Å². The quantitative estimate of drug-likeness (QED) is 0.923. The molecule has 21 heavy (non-hydrogen) atoms. The molecule has 1 aromatic rings. The first-order chi connectivity index (χ1) is 10.0. The van der Waals surface area contributed by atoms with Crippen molar-refractivity contribution in [3.8, 4) is 0 Å². The highest BCUT2D eigenvalue weighted by Crippen LogP contribution is 2.24. The SMILES string of the molecule is CCC1CCC(=O)N(CC(N)c2cc(C)ccc2C)CC1. The van der Waals surface area contributed by atoms with E-state index >= 15 is 0 Å². The van der Waals surface area contributed by atoms with Crippen LogP contribution in [0.5, 0.6) is 0 Å². The predicted octanol–water partition coefficient (Wildman–Crippen LogP) is 3.34. The van der Waals surface area contributed by atoms with Gasteiger partial charge < -0.3 is 10.6 Å². The van der Waals surface area contributed by atoms with Crippen LogP contribution in [-0.4, -0.2) is 23.9 Å². The summed E-state index contributed by atoms with van der Waals surface area (Å²) < 4.78 is 0. The molecule has 1 aliphatic rings. The number of amides is 1. The fraction of sp³-hybridized carbons (Fsp3) is 0.611. The van der Waals surface area contributed by atoms with Crippen molar-refractivity contribution in [3.63, 3.8) is 0 Å². The summed E-state index contributed by atoms with van der Waals surface area (Å²) in [5.41, 5.74) is 9.98. The van der Waals surface area contributed by atoms with Crippen molar-refractivity contribution < 1.29 is 4.79 Å². The molecule has 2 N–H and O–H groups in total. The van der Waals surface area contributed by atoms with Gasteiger partial charge in [-0.3, -0.25) is 4.79 Å². The molecular formula is C18H28N2O. The van der Waals surface area contributed by atoms with Gasteiger partial charge in [0.05, 0.1) is 0 Å². The van der Waals surface area contributed by atoms with Crippen LogP contribution in [0.2, 0.25) is 0 Å². The average molecular weight is 288 g/mol. The van der Waals surface area contributed by atoms with Gasteiger partial charge in [0, 0.05) is 25.6 Å². The summed E-state index contributed by atoms with van der Waals surface area (Å²) in [6.07, 6.45) is 3.99. The lowest BCUT2D eigenvalue weighted by atomic mass is 9.98. The molecule has 0 aliphatic carbocycles. The lowest BCUT2D eigenvalue weighted by molar-refractivity contribution is -0.130. The molecule has 3 nitrogen and oxygen atoms in total. The number of hydrogen-bond acceptors (Lipinski definition) is 2. The summed E-state index contributed by atoms with van der Waals surface area (Å²) in [6, 6.07) is 6.28. The first-order valence-electron chi connectivity index (χ1n) is 8.11. The van der Waals surface area contributed by atoms with Crippen molar-refractivity contribution in [2.24, 2.45) is 11.7 Å². The van der Waals surface area contributed by atoms with E-state index in [9.17, 15) is 4.79 Å². The Bertz CT molecular complexity index is 498. The van der Waals surface area contributed by atoms with E-state index in [4.69, 9.17) is 5.73 Å². The van der Waals surface area contributed by atoms with E-state index in [1.807, 2.05) is 4.90 Å². The number of carbonyl (C=O) groups is 1. The molecule has 0 radical (unpaired) electrons. The molecule has 0 bridgehead atoms. The number of carbonyl (C=O) groups excluding carboxylic acids is 1. The fourth-order valence-electron chi connectivity index (χ4n) is 3.19. The van der Waals surface area contributed by atoms with E-state index in [1.54, 1.807) is 0 Å². The predicted molar refractivity (Wildman–Crippen MR) is 87.1 cm³/mol. The van der Waals surface area contributed by atoms with E-state index in [-0.39, 0.29) is 11.9 Å². The van der Waals surface area contributed by atoms with Crippen LogP contribution in [0.1, 0.15) is 55.3 Å². The zero-order valence-corrected chi connectivity index (χ0v) is 13.6. The van der Waals surface area contributed by atoms with Crippen LogP contribution < -0.4 is 5.73 Å². The smallest absolute Gasteiger partial charge is 0.222 e. The lowest BCUT2D eigenvalue weighted by Gasteiger charge is -2.26. The van der Waals surface area contributed by atoms with Crippen LogP contribution in [0, 0.1) is 19.8 Å². The molecule has 1 fully saturated rings. The minimum absolute atomic E-state index is 0.0907. The van der Waals surface area contributed by atoms with Crippen molar-refractivity contribution in [3.05, 3.63) is 34.9 Å². The summed E-state index contributed by atoms with van der Waals surface area (Å²) in [7, 11) is 0. The van der Waals surface area contributed by atoms with Crippen molar-refractivity contribution in [2.75, 3.05) is 13.1 Å². The Kier molecular flexibility index (Phi) is 5.40. The van der Waals surface area contributed by atoms with Crippen LogP contribution in [0.4, 0.5) is 0 Å². The Morgan fingerprint density at radius 3 is 2.81 bits per heavy atom. The third-order valence-corrected chi connectivity index (χ3v) is 4.76. The van der Waals surface area contributed by atoms with Crippen molar-refractivity contribution in [2.45, 2.75) is 52.5 Å². The largest absolute Gasteiger partial charge is 0.341 e. The number of benzene rings is 1. The summed E-state index contributed by atoms with van der Waals surface area (Å²) in [6.45, 7) is 7.88. The number of nitrogens with two attached hydrogens (primary N) is 1. The van der Waals surface area contributed by atoms with Crippen LogP contribution in [0.25, 0.3) is 0 Å². The molecule has 0 spiro atoms. The Balaban J connectivity index is 2.05. The highest BCUT2D eigenvalue weighted by atomic mass is 16.2. The van der Waals surface area contributed by atoms with Crippen LogP contribution in [-0.2, 0) is 4.79 Å². The van der Waals surface area contributed by atoms with Gasteiger partial charge in [-0.1, -0.05) is 37.1 Å². The highest BCUT2D eigenvalue weighted by molar-refractivity contribution is 5.76. The van der Waals surface area contributed by atoms with Crippen LogP contribution in [0.15, 0.2) is 18.2 Å². The monoisotopic (exact) mass is 288 g/mol. The molecule has 1 aromatic carbocycles. The average Bonchev–Trinajstić information content (AvgIpc) is 2.64. The lowest BCUT2D eigenvalue weighted by Crippen LogP contribution is -2.37. The van der Waals surface area contributed by atoms with E-state index in [0.717, 1.165) is 19.4 Å². The minimum Gasteiger partial charge on any atom is -0.341 e. The first kappa shape index (κ1) is 16.0. The van der Waals surface area contributed by atoms with Crippen molar-refractivity contribution in [1.29, 1.82) is 0 Å². The maximum absolute atomic E-state index is 12.3. The molecular weight excluding hydrogens is 260 g/mol. The zero-order chi connectivity index (χ0) is 15.4. The van der Waals surface area contributed by atoms with Gasteiger partial charge in [0.15, 0.2) is 0 Å². The third-order valence-electron chi connectivity index (χ3n) is 4.76. The second-order valence-corrected chi connectivity index (χ2v) is 6.41. The summed E-state index contributed by atoms with van der Waals surface area (Å²) in [5.74, 6) is 0.961. The van der Waals surface area contributed by atoms with Gasteiger partial charge in [-0.25, -0.2) is 0 Å². The second kappa shape index (κ2) is 7.08. The highest BCUT2D eigenvalue weighted by Gasteiger charge is 2.23. The summed E-state index contributed by atoms with van der Waals surface area (Å²) >= 11 is 0. The van der Waals surface area contributed by atoms with Gasteiger partial charge in [0.25, 0.3) is 0 Å². The normalized spacial score (nSPS) is 21.2. The standard InChI is InChI=1S/C18H28N2O/c1-4-15-7-8-18(21)20(10-9-15)12-17(19)16-11-13(2)5-6-14(16)3/h5-6,11,15,17H,4,7-10,12,19H2,1-3H3. The number of aryl methyl sites for hydroxylation is 2. The number of likely N-dealkylation sites (tertiary alicyclic amines) is 1. The second-order valence-electron chi connectivity index (χ2n) is 6.41. The number of hydrogen-bond donors (Lipinski definition) is 1. The Morgan fingerprint density at radius 1 is 1.33 bits per heavy atom. The Hall–Kier alpha value is -1.35. The molecule has 1 aliphatic heterocycles. The molecule has 3 heteroatoms. The summed E-state index contributed by atoms with van der Waals surface area (Å²) in [5, 5.41) is 0. The zero-order valence-electron chi connectivity index (χ0n) is 13.6. The molecule has 1 saturated heterocycles. The van der Waals surface area contributed by atoms with E-state index in [0.29, 0.717) is 18.9 Å². The fourth-order valence-corrected chi connectivity index (χ4v) is 3.19. The van der Waals surface area contributed by atoms with Gasteiger partial charge >= 0.3 is 0 Å². The van der Waals surface area contributed by atoms with Gasteiger partial charge in [0.1, 0.15) is 0 Å². The molecule has 1 heterocycles. The van der Waals surface area contributed by atoms with E-state index in [2.05, 4.69) is 39.0 Å². The van der Waals surface area contributed by atoms with Gasteiger partial charge in [-0.05, 0) is 43.7 Å². The molecule has 1 amide bonds. The number of rotatable bonds is 4. The maximum atomic E-state index is 12.3. The van der Waals surface area contributed by atoms with Crippen LogP contribution >= 0.6 is 0 Å².